The van der Waals surface area contributed by atoms with Gasteiger partial charge in [0.2, 0.25) is 5.91 Å². The lowest BCUT2D eigenvalue weighted by Crippen LogP contribution is -2.28. The Morgan fingerprint density at radius 1 is 1.29 bits per heavy atom. The molecule has 0 radical (unpaired) electrons. The van der Waals surface area contributed by atoms with E-state index in [0.717, 1.165) is 29.3 Å². The van der Waals surface area contributed by atoms with E-state index in [9.17, 15) is 13.6 Å². The van der Waals surface area contributed by atoms with E-state index in [0.29, 0.717) is 11.1 Å². The molecule has 7 heteroatoms. The smallest absolute Gasteiger partial charge is 0.224 e. The van der Waals surface area contributed by atoms with Crippen LogP contribution in [0.5, 0.6) is 0 Å². The van der Waals surface area contributed by atoms with E-state index in [1.54, 1.807) is 13.0 Å². The zero-order valence-electron chi connectivity index (χ0n) is 15.0. The van der Waals surface area contributed by atoms with Crippen molar-refractivity contribution < 1.29 is 18.0 Å². The molecular weight excluding hydrogens is 364 g/mol. The van der Waals surface area contributed by atoms with Gasteiger partial charge in [-0.05, 0) is 37.6 Å². The topological polar surface area (TPSA) is 70.9 Å². The molecule has 3 atom stereocenters. The van der Waals surface area contributed by atoms with Gasteiger partial charge >= 0.3 is 0 Å². The SMILES string of the molecule is C[C@@H](NC(=O)C1C[C@@H]1c1nc2ccccc2[nH]1)c1cc2cc(F)cc(F)c2o1. The highest BCUT2D eigenvalue weighted by Crippen LogP contribution is 2.47. The summed E-state index contributed by atoms with van der Waals surface area (Å²) >= 11 is 0. The van der Waals surface area contributed by atoms with Crippen LogP contribution in [-0.2, 0) is 4.79 Å². The van der Waals surface area contributed by atoms with Crippen LogP contribution < -0.4 is 5.32 Å². The predicted molar refractivity (Wildman–Crippen MR) is 99.6 cm³/mol. The number of aromatic amines is 1. The Morgan fingerprint density at radius 2 is 2.11 bits per heavy atom. The number of nitrogens with zero attached hydrogens (tertiary/aromatic N) is 1. The van der Waals surface area contributed by atoms with Gasteiger partial charge in [-0.1, -0.05) is 12.1 Å². The lowest BCUT2D eigenvalue weighted by Gasteiger charge is -2.11. The maximum Gasteiger partial charge on any atom is 0.224 e. The molecule has 142 valence electrons. The van der Waals surface area contributed by atoms with E-state index in [-0.39, 0.29) is 23.3 Å². The van der Waals surface area contributed by atoms with Crippen molar-refractivity contribution in [2.24, 2.45) is 5.92 Å². The van der Waals surface area contributed by atoms with Crippen LogP contribution in [0.1, 0.15) is 36.9 Å². The van der Waals surface area contributed by atoms with Gasteiger partial charge in [0.05, 0.1) is 17.1 Å². The molecule has 2 aromatic carbocycles. The van der Waals surface area contributed by atoms with Gasteiger partial charge in [0.25, 0.3) is 0 Å². The molecule has 2 heterocycles. The summed E-state index contributed by atoms with van der Waals surface area (Å²) in [6, 6.07) is 10.8. The number of carbonyl (C=O) groups excluding carboxylic acids is 1. The second kappa shape index (κ2) is 6.15. The number of furan rings is 1. The Morgan fingerprint density at radius 3 is 2.93 bits per heavy atom. The van der Waals surface area contributed by atoms with Gasteiger partial charge in [-0.3, -0.25) is 4.79 Å². The summed E-state index contributed by atoms with van der Waals surface area (Å²) in [5.74, 6) is -0.440. The normalized spacial score (nSPS) is 19.8. The number of hydrogen-bond donors (Lipinski definition) is 2. The van der Waals surface area contributed by atoms with E-state index in [4.69, 9.17) is 4.42 Å². The molecule has 1 saturated carbocycles. The number of para-hydroxylation sites is 2. The molecule has 2 aromatic heterocycles. The fourth-order valence-corrected chi connectivity index (χ4v) is 3.64. The minimum atomic E-state index is -0.757. The molecule has 1 unspecified atom stereocenters. The van der Waals surface area contributed by atoms with E-state index in [1.807, 2.05) is 24.3 Å². The zero-order valence-corrected chi connectivity index (χ0v) is 15.0. The van der Waals surface area contributed by atoms with Crippen molar-refractivity contribution in [3.05, 3.63) is 65.7 Å². The molecule has 28 heavy (non-hydrogen) atoms. The molecule has 4 aromatic rings. The fourth-order valence-electron chi connectivity index (χ4n) is 3.64. The third kappa shape index (κ3) is 2.83. The predicted octanol–water partition coefficient (Wildman–Crippen LogP) is 4.57. The number of carbonyl (C=O) groups is 1. The molecule has 1 amide bonds. The van der Waals surface area contributed by atoms with Gasteiger partial charge in [-0.2, -0.15) is 0 Å². The maximum absolute atomic E-state index is 13.8. The summed E-state index contributed by atoms with van der Waals surface area (Å²) in [6.45, 7) is 1.75. The summed E-state index contributed by atoms with van der Waals surface area (Å²) < 4.78 is 32.7. The van der Waals surface area contributed by atoms with Crippen LogP contribution in [0, 0.1) is 17.6 Å². The number of halogens is 2. The molecular formula is C21H17F2N3O2. The molecule has 0 spiro atoms. The van der Waals surface area contributed by atoms with Crippen molar-refractivity contribution >= 4 is 27.9 Å². The first-order valence-electron chi connectivity index (χ1n) is 9.13. The molecule has 1 aliphatic carbocycles. The fraction of sp³-hybridized carbons (Fsp3) is 0.238. The van der Waals surface area contributed by atoms with Crippen LogP contribution in [0.25, 0.3) is 22.0 Å². The van der Waals surface area contributed by atoms with Gasteiger partial charge in [-0.15, -0.1) is 0 Å². The van der Waals surface area contributed by atoms with Crippen molar-refractivity contribution in [2.45, 2.75) is 25.3 Å². The molecule has 1 fully saturated rings. The minimum Gasteiger partial charge on any atom is -0.456 e. The summed E-state index contributed by atoms with van der Waals surface area (Å²) in [6.07, 6.45) is 0.721. The Hall–Kier alpha value is -3.22. The largest absolute Gasteiger partial charge is 0.456 e. The number of rotatable bonds is 4. The Balaban J connectivity index is 1.30. The van der Waals surface area contributed by atoms with E-state index in [1.165, 1.54) is 6.07 Å². The van der Waals surface area contributed by atoms with Crippen molar-refractivity contribution in [1.29, 1.82) is 0 Å². The number of nitrogens with one attached hydrogen (secondary N) is 2. The number of benzene rings is 2. The lowest BCUT2D eigenvalue weighted by atomic mass is 10.2. The number of imidazole rings is 1. The second-order valence-corrected chi connectivity index (χ2v) is 7.27. The van der Waals surface area contributed by atoms with Crippen LogP contribution in [0.2, 0.25) is 0 Å². The number of H-pyrrole nitrogens is 1. The summed E-state index contributed by atoms with van der Waals surface area (Å²) in [5, 5.41) is 3.23. The first-order valence-corrected chi connectivity index (χ1v) is 9.13. The number of aromatic nitrogens is 2. The number of hydrogen-bond acceptors (Lipinski definition) is 3. The van der Waals surface area contributed by atoms with Gasteiger partial charge < -0.3 is 14.7 Å². The quantitative estimate of drug-likeness (QED) is 0.544. The van der Waals surface area contributed by atoms with Gasteiger partial charge in [-0.25, -0.2) is 13.8 Å². The van der Waals surface area contributed by atoms with E-state index in [2.05, 4.69) is 15.3 Å². The van der Waals surface area contributed by atoms with E-state index >= 15 is 0 Å². The van der Waals surface area contributed by atoms with Gasteiger partial charge in [0.1, 0.15) is 17.4 Å². The first-order chi connectivity index (χ1) is 13.5. The summed E-state index contributed by atoms with van der Waals surface area (Å²) in [7, 11) is 0. The average molecular weight is 381 g/mol. The third-order valence-corrected chi connectivity index (χ3v) is 5.23. The molecule has 1 aliphatic rings. The van der Waals surface area contributed by atoms with Crippen LogP contribution >= 0.6 is 0 Å². The van der Waals surface area contributed by atoms with Crippen molar-refractivity contribution in [3.8, 4) is 0 Å². The minimum absolute atomic E-state index is 0.0101. The highest BCUT2D eigenvalue weighted by molar-refractivity contribution is 5.84. The van der Waals surface area contributed by atoms with Crippen LogP contribution in [0.15, 0.2) is 46.9 Å². The highest BCUT2D eigenvalue weighted by Gasteiger charge is 2.46. The Labute approximate surface area is 158 Å². The van der Waals surface area contributed by atoms with Crippen LogP contribution in [-0.4, -0.2) is 15.9 Å². The monoisotopic (exact) mass is 381 g/mol. The maximum atomic E-state index is 13.8. The van der Waals surface area contributed by atoms with Gasteiger partial charge in [0, 0.05) is 23.3 Å². The zero-order chi connectivity index (χ0) is 19.4. The summed E-state index contributed by atoms with van der Waals surface area (Å²) in [4.78, 5) is 20.4. The molecule has 0 bridgehead atoms. The Bertz CT molecular complexity index is 1180. The third-order valence-electron chi connectivity index (χ3n) is 5.23. The number of amides is 1. The molecule has 2 N–H and O–H groups in total. The lowest BCUT2D eigenvalue weighted by molar-refractivity contribution is -0.123. The van der Waals surface area contributed by atoms with Gasteiger partial charge in [0.15, 0.2) is 11.4 Å². The van der Waals surface area contributed by atoms with E-state index < -0.39 is 17.7 Å². The highest BCUT2D eigenvalue weighted by atomic mass is 19.1. The van der Waals surface area contributed by atoms with Crippen molar-refractivity contribution in [3.63, 3.8) is 0 Å². The first kappa shape index (κ1) is 16.9. The van der Waals surface area contributed by atoms with Crippen LogP contribution in [0.3, 0.4) is 0 Å². The number of fused-ring (bicyclic) bond motifs is 2. The van der Waals surface area contributed by atoms with Crippen molar-refractivity contribution in [1.82, 2.24) is 15.3 Å². The molecule has 0 saturated heterocycles. The second-order valence-electron chi connectivity index (χ2n) is 7.27. The van der Waals surface area contributed by atoms with Crippen molar-refractivity contribution in [2.75, 3.05) is 0 Å². The standard InChI is InChI=1S/C21H17F2N3O2/c1-10(18-7-11-6-12(22)8-15(23)19(11)28-18)24-21(27)14-9-13(14)20-25-16-4-2-3-5-17(16)26-20/h2-8,10,13-14H,9H2,1H3,(H,24,27)(H,25,26)/t10-,13+,14?/m1/s1. The molecule has 5 rings (SSSR count). The Kier molecular flexibility index (Phi) is 3.72. The molecule has 5 nitrogen and oxygen atoms in total. The summed E-state index contributed by atoms with van der Waals surface area (Å²) in [5.41, 5.74) is 1.82. The molecule has 0 aliphatic heterocycles. The van der Waals surface area contributed by atoms with Crippen LogP contribution in [0.4, 0.5) is 8.78 Å². The average Bonchev–Trinajstić information content (AvgIpc) is 3.15.